The average molecular weight is 278 g/mol. The van der Waals surface area contributed by atoms with Crippen molar-refractivity contribution in [2.75, 3.05) is 7.11 Å². The summed E-state index contributed by atoms with van der Waals surface area (Å²) in [5, 5.41) is 20.2. The van der Waals surface area contributed by atoms with E-state index in [1.54, 1.807) is 6.92 Å². The number of aromatic hydroxyl groups is 1. The number of methoxy groups -OCH3 is 1. The van der Waals surface area contributed by atoms with Crippen molar-refractivity contribution < 1.29 is 24.5 Å². The molecule has 1 aromatic carbocycles. The molecule has 0 spiro atoms. The summed E-state index contributed by atoms with van der Waals surface area (Å²) in [7, 11) is 1.41. The van der Waals surface area contributed by atoms with Gasteiger partial charge in [-0.3, -0.25) is 0 Å². The number of hydrogen-bond donors (Lipinski definition) is 2. The molecule has 1 unspecified atom stereocenters. The van der Waals surface area contributed by atoms with Crippen molar-refractivity contribution in [1.29, 1.82) is 0 Å². The van der Waals surface area contributed by atoms with E-state index < -0.39 is 12.3 Å². The third-order valence-corrected chi connectivity index (χ3v) is 3.39. The van der Waals surface area contributed by atoms with Crippen LogP contribution in [0.25, 0.3) is 0 Å². The summed E-state index contributed by atoms with van der Waals surface area (Å²) >= 11 is 0. The second-order valence-electron chi connectivity index (χ2n) is 5.02. The van der Waals surface area contributed by atoms with Gasteiger partial charge in [-0.1, -0.05) is 11.6 Å². The van der Waals surface area contributed by atoms with Crippen LogP contribution in [0.4, 0.5) is 0 Å². The third kappa shape index (κ3) is 2.14. The number of cyclic esters (lactones) is 1. The second kappa shape index (κ2) is 5.17. The lowest BCUT2D eigenvalue weighted by atomic mass is 9.93. The molecule has 2 N–H and O–H groups in total. The van der Waals surface area contributed by atoms with Gasteiger partial charge in [-0.05, 0) is 27.2 Å². The van der Waals surface area contributed by atoms with Crippen LogP contribution in [-0.2, 0) is 11.2 Å². The second-order valence-corrected chi connectivity index (χ2v) is 5.02. The minimum absolute atomic E-state index is 0.0236. The lowest BCUT2D eigenvalue weighted by molar-refractivity contribution is -0.0551. The number of allylic oxidation sites excluding steroid dienone is 2. The topological polar surface area (TPSA) is 76.0 Å². The SMILES string of the molecule is COc1c(C)c(O)c(CC=C(C)C)c2c1C(=O)OC2O. The normalized spacial score (nSPS) is 16.6. The van der Waals surface area contributed by atoms with Crippen LogP contribution < -0.4 is 4.74 Å². The molecule has 1 heterocycles. The highest BCUT2D eigenvalue weighted by molar-refractivity contribution is 5.98. The van der Waals surface area contributed by atoms with E-state index in [2.05, 4.69) is 0 Å². The van der Waals surface area contributed by atoms with Crippen molar-refractivity contribution in [3.63, 3.8) is 0 Å². The summed E-state index contributed by atoms with van der Waals surface area (Å²) in [6.45, 7) is 5.54. The molecule has 5 heteroatoms. The van der Waals surface area contributed by atoms with Crippen LogP contribution in [0.15, 0.2) is 11.6 Å². The van der Waals surface area contributed by atoms with Crippen molar-refractivity contribution in [3.05, 3.63) is 33.9 Å². The molecule has 0 bridgehead atoms. The summed E-state index contributed by atoms with van der Waals surface area (Å²) in [6.07, 6.45) is 0.963. The van der Waals surface area contributed by atoms with Gasteiger partial charge in [0.1, 0.15) is 17.1 Å². The summed E-state index contributed by atoms with van der Waals surface area (Å²) in [5.41, 5.74) is 2.54. The molecule has 5 nitrogen and oxygen atoms in total. The predicted octanol–water partition coefficient (Wildman–Crippen LogP) is 2.38. The number of phenolic OH excluding ortho intramolecular Hbond substituents is 1. The summed E-state index contributed by atoms with van der Waals surface area (Å²) < 4.78 is 10.0. The zero-order chi connectivity index (χ0) is 15.0. The molecule has 108 valence electrons. The largest absolute Gasteiger partial charge is 0.507 e. The Morgan fingerprint density at radius 2 is 2.10 bits per heavy atom. The molecule has 1 aromatic rings. The lowest BCUT2D eigenvalue weighted by Gasteiger charge is -2.16. The van der Waals surface area contributed by atoms with Crippen molar-refractivity contribution in [1.82, 2.24) is 0 Å². The Morgan fingerprint density at radius 3 is 2.65 bits per heavy atom. The molecule has 1 aliphatic heterocycles. The fourth-order valence-corrected chi connectivity index (χ4v) is 2.38. The summed E-state index contributed by atoms with van der Waals surface area (Å²) in [4.78, 5) is 11.9. The third-order valence-electron chi connectivity index (χ3n) is 3.39. The lowest BCUT2D eigenvalue weighted by Crippen LogP contribution is -2.04. The number of aliphatic hydroxyl groups excluding tert-OH is 1. The van der Waals surface area contributed by atoms with E-state index in [1.165, 1.54) is 7.11 Å². The smallest absolute Gasteiger partial charge is 0.345 e. The number of ether oxygens (including phenoxy) is 2. The Hall–Kier alpha value is -2.01. The van der Waals surface area contributed by atoms with Crippen LogP contribution in [0.2, 0.25) is 0 Å². The molecule has 0 aromatic heterocycles. The molecular formula is C15H18O5. The van der Waals surface area contributed by atoms with Crippen LogP contribution in [-0.4, -0.2) is 23.3 Å². The monoisotopic (exact) mass is 278 g/mol. The zero-order valence-corrected chi connectivity index (χ0v) is 12.0. The van der Waals surface area contributed by atoms with Gasteiger partial charge in [0.05, 0.1) is 7.11 Å². The highest BCUT2D eigenvalue weighted by Crippen LogP contribution is 2.45. The molecule has 0 amide bonds. The molecule has 0 fully saturated rings. The molecule has 0 saturated heterocycles. The van der Waals surface area contributed by atoms with E-state index in [9.17, 15) is 15.0 Å². The van der Waals surface area contributed by atoms with E-state index in [4.69, 9.17) is 9.47 Å². The van der Waals surface area contributed by atoms with Gasteiger partial charge in [-0.2, -0.15) is 0 Å². The maximum atomic E-state index is 11.9. The molecule has 0 aliphatic carbocycles. The number of esters is 1. The number of carbonyl (C=O) groups is 1. The highest BCUT2D eigenvalue weighted by Gasteiger charge is 2.38. The Morgan fingerprint density at radius 1 is 1.45 bits per heavy atom. The number of benzene rings is 1. The van der Waals surface area contributed by atoms with Gasteiger partial charge in [0.25, 0.3) is 0 Å². The number of phenols is 1. The van der Waals surface area contributed by atoms with Crippen molar-refractivity contribution >= 4 is 5.97 Å². The number of carbonyl (C=O) groups excluding carboxylic acids is 1. The van der Waals surface area contributed by atoms with Gasteiger partial charge in [-0.25, -0.2) is 4.79 Å². The van der Waals surface area contributed by atoms with E-state index in [1.807, 2.05) is 19.9 Å². The van der Waals surface area contributed by atoms with Gasteiger partial charge < -0.3 is 19.7 Å². The van der Waals surface area contributed by atoms with Gasteiger partial charge >= 0.3 is 5.97 Å². The predicted molar refractivity (Wildman–Crippen MR) is 72.9 cm³/mol. The maximum Gasteiger partial charge on any atom is 0.345 e. The quantitative estimate of drug-likeness (QED) is 0.656. The first-order valence-electron chi connectivity index (χ1n) is 6.33. The van der Waals surface area contributed by atoms with Gasteiger partial charge in [0.2, 0.25) is 6.29 Å². The summed E-state index contributed by atoms with van der Waals surface area (Å²) in [6, 6.07) is 0. The fourth-order valence-electron chi connectivity index (χ4n) is 2.38. The molecule has 2 rings (SSSR count). The Balaban J connectivity index is 2.73. The van der Waals surface area contributed by atoms with Crippen molar-refractivity contribution in [2.24, 2.45) is 0 Å². The first-order valence-corrected chi connectivity index (χ1v) is 6.33. The average Bonchev–Trinajstić information content (AvgIpc) is 2.66. The fraction of sp³-hybridized carbons (Fsp3) is 0.400. The first-order chi connectivity index (χ1) is 9.38. The summed E-state index contributed by atoms with van der Waals surface area (Å²) in [5.74, 6) is -0.360. The van der Waals surface area contributed by atoms with Crippen molar-refractivity contribution in [3.8, 4) is 11.5 Å². The molecule has 0 radical (unpaired) electrons. The molecular weight excluding hydrogens is 260 g/mol. The van der Waals surface area contributed by atoms with E-state index in [0.717, 1.165) is 5.57 Å². The van der Waals surface area contributed by atoms with E-state index in [-0.39, 0.29) is 17.1 Å². The van der Waals surface area contributed by atoms with Gasteiger partial charge in [-0.15, -0.1) is 0 Å². The van der Waals surface area contributed by atoms with Crippen LogP contribution >= 0.6 is 0 Å². The van der Waals surface area contributed by atoms with Crippen LogP contribution in [0.5, 0.6) is 11.5 Å². The Bertz CT molecular complexity index is 597. The standard InChI is InChI=1S/C15H18O5/c1-7(2)5-6-9-10-11(15(18)20-14(10)17)13(19-4)8(3)12(9)16/h5,14,16-17H,6H2,1-4H3. The van der Waals surface area contributed by atoms with E-state index >= 15 is 0 Å². The van der Waals surface area contributed by atoms with E-state index in [0.29, 0.717) is 23.1 Å². The maximum absolute atomic E-state index is 11.9. The van der Waals surface area contributed by atoms with Crippen molar-refractivity contribution in [2.45, 2.75) is 33.5 Å². The van der Waals surface area contributed by atoms with Crippen LogP contribution in [0.1, 0.15) is 47.2 Å². The highest BCUT2D eigenvalue weighted by atomic mass is 16.6. The minimum atomic E-state index is -1.36. The number of fused-ring (bicyclic) bond motifs is 1. The molecule has 1 atom stereocenters. The van der Waals surface area contributed by atoms with Gasteiger partial charge in [0.15, 0.2) is 0 Å². The molecule has 1 aliphatic rings. The Labute approximate surface area is 117 Å². The van der Waals surface area contributed by atoms with Crippen LogP contribution in [0, 0.1) is 6.92 Å². The van der Waals surface area contributed by atoms with Crippen LogP contribution in [0.3, 0.4) is 0 Å². The minimum Gasteiger partial charge on any atom is -0.507 e. The zero-order valence-electron chi connectivity index (χ0n) is 12.0. The number of rotatable bonds is 3. The first kappa shape index (κ1) is 14.4. The number of hydrogen-bond acceptors (Lipinski definition) is 5. The molecule has 20 heavy (non-hydrogen) atoms. The molecule has 0 saturated carbocycles. The number of aliphatic hydroxyl groups is 1. The van der Waals surface area contributed by atoms with Gasteiger partial charge in [0, 0.05) is 16.7 Å². The Kier molecular flexibility index (Phi) is 3.72.